The maximum Gasteiger partial charge on any atom is 0.0936 e. The highest BCUT2D eigenvalue weighted by molar-refractivity contribution is 9.10. The Labute approximate surface area is 119 Å². The first-order valence-corrected chi connectivity index (χ1v) is 6.91. The largest absolute Gasteiger partial charge is 0.411 e. The fourth-order valence-electron chi connectivity index (χ4n) is 2.28. The molecule has 1 heterocycles. The summed E-state index contributed by atoms with van der Waals surface area (Å²) in [6, 6.07) is 9.87. The second-order valence-corrected chi connectivity index (χ2v) is 5.41. The number of nitrogens with zero attached hydrogens (tertiary/aromatic N) is 3. The number of oxime groups is 1. The van der Waals surface area contributed by atoms with Crippen molar-refractivity contribution in [3.05, 3.63) is 46.1 Å². The number of aromatic nitrogens is 2. The summed E-state index contributed by atoms with van der Waals surface area (Å²) in [6.07, 6.45) is 2.63. The van der Waals surface area contributed by atoms with Gasteiger partial charge in [0.2, 0.25) is 0 Å². The molecule has 1 aliphatic carbocycles. The highest BCUT2D eigenvalue weighted by Gasteiger charge is 2.18. The Hall–Kier alpha value is -1.75. The van der Waals surface area contributed by atoms with Crippen LogP contribution in [0.4, 0.5) is 0 Å². The molecule has 1 aromatic heterocycles. The number of hydrogen-bond acceptors (Lipinski definition) is 4. The summed E-state index contributed by atoms with van der Waals surface area (Å²) in [7, 11) is 0. The third kappa shape index (κ3) is 2.38. The van der Waals surface area contributed by atoms with Crippen molar-refractivity contribution in [1.29, 1.82) is 0 Å². The number of aryl methyl sites for hydroxylation is 1. The normalized spacial score (nSPS) is 16.4. The van der Waals surface area contributed by atoms with Crippen molar-refractivity contribution < 1.29 is 5.21 Å². The number of benzene rings is 1. The Kier molecular flexibility index (Phi) is 3.29. The average molecular weight is 318 g/mol. The van der Waals surface area contributed by atoms with Crippen molar-refractivity contribution in [3.63, 3.8) is 0 Å². The van der Waals surface area contributed by atoms with Crippen molar-refractivity contribution in [2.24, 2.45) is 5.16 Å². The Bertz CT molecular complexity index is 638. The molecule has 1 aromatic carbocycles. The maximum atomic E-state index is 9.07. The number of rotatable bonds is 1. The first-order valence-electron chi connectivity index (χ1n) is 6.12. The van der Waals surface area contributed by atoms with Gasteiger partial charge >= 0.3 is 0 Å². The van der Waals surface area contributed by atoms with E-state index in [2.05, 4.69) is 31.3 Å². The predicted octanol–water partition coefficient (Wildman–Crippen LogP) is 3.42. The fourth-order valence-corrected chi connectivity index (χ4v) is 2.54. The van der Waals surface area contributed by atoms with Crippen LogP contribution in [0.2, 0.25) is 0 Å². The van der Waals surface area contributed by atoms with Crippen molar-refractivity contribution in [2.75, 3.05) is 0 Å². The fraction of sp³-hybridized carbons (Fsp3) is 0.214. The molecule has 0 spiro atoms. The minimum Gasteiger partial charge on any atom is -0.411 e. The van der Waals surface area contributed by atoms with E-state index in [4.69, 9.17) is 5.21 Å². The highest BCUT2D eigenvalue weighted by Crippen LogP contribution is 2.25. The second kappa shape index (κ2) is 5.09. The van der Waals surface area contributed by atoms with Gasteiger partial charge in [-0.05, 0) is 37.5 Å². The van der Waals surface area contributed by atoms with Gasteiger partial charge in [0.05, 0.1) is 17.1 Å². The molecule has 0 bridgehead atoms. The van der Waals surface area contributed by atoms with E-state index in [0.29, 0.717) is 5.71 Å². The van der Waals surface area contributed by atoms with Crippen LogP contribution in [0.1, 0.15) is 24.1 Å². The number of fused-ring (bicyclic) bond motifs is 1. The van der Waals surface area contributed by atoms with Crippen LogP contribution in [0.5, 0.6) is 0 Å². The zero-order valence-electron chi connectivity index (χ0n) is 10.2. The molecule has 19 heavy (non-hydrogen) atoms. The Morgan fingerprint density at radius 2 is 1.89 bits per heavy atom. The predicted molar refractivity (Wildman–Crippen MR) is 76.4 cm³/mol. The summed E-state index contributed by atoms with van der Waals surface area (Å²) in [5, 5.41) is 21.0. The minimum atomic E-state index is 0.703. The van der Waals surface area contributed by atoms with E-state index in [1.165, 1.54) is 0 Å². The van der Waals surface area contributed by atoms with E-state index in [0.717, 1.165) is 46.2 Å². The standard InChI is InChI=1S/C14H12BrN3O/c15-10-6-4-9(5-7-10)14-8-11-12(16-17-14)2-1-3-13(11)18-19/h4-8,19H,1-3H2/b18-13+. The molecule has 0 fully saturated rings. The molecule has 0 amide bonds. The van der Waals surface area contributed by atoms with E-state index in [-0.39, 0.29) is 0 Å². The molecule has 1 N–H and O–H groups in total. The van der Waals surface area contributed by atoms with Crippen LogP contribution in [0.25, 0.3) is 11.3 Å². The van der Waals surface area contributed by atoms with Crippen LogP contribution in [-0.2, 0) is 6.42 Å². The molecule has 0 saturated heterocycles. The van der Waals surface area contributed by atoms with Gasteiger partial charge in [0.25, 0.3) is 0 Å². The zero-order chi connectivity index (χ0) is 13.2. The molecule has 5 heteroatoms. The highest BCUT2D eigenvalue weighted by atomic mass is 79.9. The summed E-state index contributed by atoms with van der Waals surface area (Å²) < 4.78 is 1.03. The molecule has 0 saturated carbocycles. The van der Waals surface area contributed by atoms with Gasteiger partial charge in [0.15, 0.2) is 0 Å². The van der Waals surface area contributed by atoms with Gasteiger partial charge in [-0.25, -0.2) is 0 Å². The molecule has 0 unspecified atom stereocenters. The lowest BCUT2D eigenvalue weighted by Crippen LogP contribution is -2.14. The summed E-state index contributed by atoms with van der Waals surface area (Å²) in [4.78, 5) is 0. The summed E-state index contributed by atoms with van der Waals surface area (Å²) >= 11 is 3.41. The summed E-state index contributed by atoms with van der Waals surface area (Å²) in [5.74, 6) is 0. The van der Waals surface area contributed by atoms with E-state index < -0.39 is 0 Å². The SMILES string of the molecule is O/N=C1\CCCc2nnc(-c3ccc(Br)cc3)cc21. The van der Waals surface area contributed by atoms with Crippen LogP contribution in [0.15, 0.2) is 40.0 Å². The first-order chi connectivity index (χ1) is 9.28. The topological polar surface area (TPSA) is 58.4 Å². The van der Waals surface area contributed by atoms with Gasteiger partial charge in [-0.15, -0.1) is 0 Å². The van der Waals surface area contributed by atoms with Crippen molar-refractivity contribution in [3.8, 4) is 11.3 Å². The molecule has 0 aliphatic heterocycles. The average Bonchev–Trinajstić information content (AvgIpc) is 2.47. The maximum absolute atomic E-state index is 9.07. The molecule has 3 rings (SSSR count). The lowest BCUT2D eigenvalue weighted by Gasteiger charge is -2.15. The van der Waals surface area contributed by atoms with Crippen molar-refractivity contribution in [2.45, 2.75) is 19.3 Å². The van der Waals surface area contributed by atoms with Crippen molar-refractivity contribution in [1.82, 2.24) is 10.2 Å². The Morgan fingerprint density at radius 3 is 2.63 bits per heavy atom. The quantitative estimate of drug-likeness (QED) is 0.647. The van der Waals surface area contributed by atoms with Crippen molar-refractivity contribution >= 4 is 21.6 Å². The Morgan fingerprint density at radius 1 is 1.11 bits per heavy atom. The molecule has 2 aromatic rings. The van der Waals surface area contributed by atoms with Gasteiger partial charge < -0.3 is 5.21 Å². The van der Waals surface area contributed by atoms with E-state index in [1.807, 2.05) is 30.3 Å². The lowest BCUT2D eigenvalue weighted by molar-refractivity contribution is 0.317. The third-order valence-electron chi connectivity index (χ3n) is 3.27. The molecule has 0 radical (unpaired) electrons. The van der Waals surface area contributed by atoms with Crippen LogP contribution in [0, 0.1) is 0 Å². The third-order valence-corrected chi connectivity index (χ3v) is 3.80. The summed E-state index contributed by atoms with van der Waals surface area (Å²) in [5.41, 5.74) is 4.34. The van der Waals surface area contributed by atoms with Crippen LogP contribution in [-0.4, -0.2) is 21.1 Å². The monoisotopic (exact) mass is 317 g/mol. The number of halogens is 1. The zero-order valence-corrected chi connectivity index (χ0v) is 11.8. The van der Waals surface area contributed by atoms with Crippen LogP contribution < -0.4 is 0 Å². The second-order valence-electron chi connectivity index (χ2n) is 4.50. The first kappa shape index (κ1) is 12.3. The van der Waals surface area contributed by atoms with Gasteiger partial charge in [0, 0.05) is 15.6 Å². The van der Waals surface area contributed by atoms with Gasteiger partial charge in [0.1, 0.15) is 0 Å². The van der Waals surface area contributed by atoms with E-state index >= 15 is 0 Å². The smallest absolute Gasteiger partial charge is 0.0936 e. The molecule has 0 atom stereocenters. The molecule has 4 nitrogen and oxygen atoms in total. The van der Waals surface area contributed by atoms with Crippen LogP contribution in [0.3, 0.4) is 0 Å². The van der Waals surface area contributed by atoms with Gasteiger partial charge in [-0.2, -0.15) is 10.2 Å². The van der Waals surface area contributed by atoms with E-state index in [9.17, 15) is 0 Å². The van der Waals surface area contributed by atoms with Gasteiger partial charge in [-0.1, -0.05) is 33.2 Å². The molecule has 96 valence electrons. The molecule has 1 aliphatic rings. The molecular formula is C14H12BrN3O. The lowest BCUT2D eigenvalue weighted by atomic mass is 9.93. The van der Waals surface area contributed by atoms with Crippen LogP contribution >= 0.6 is 15.9 Å². The number of hydrogen-bond donors (Lipinski definition) is 1. The minimum absolute atomic E-state index is 0.703. The van der Waals surface area contributed by atoms with E-state index in [1.54, 1.807) is 0 Å². The van der Waals surface area contributed by atoms with Gasteiger partial charge in [-0.3, -0.25) is 0 Å². The summed E-state index contributed by atoms with van der Waals surface area (Å²) in [6.45, 7) is 0. The molecular weight excluding hydrogens is 306 g/mol. The Balaban J connectivity index is 2.07.